The largest absolute Gasteiger partial charge is 0.493 e. The number of ether oxygens (including phenoxy) is 2. The van der Waals surface area contributed by atoms with E-state index in [1.165, 1.54) is 19.2 Å². The van der Waals surface area contributed by atoms with Gasteiger partial charge in [0.05, 0.1) is 12.9 Å². The molecule has 4 aromatic rings. The van der Waals surface area contributed by atoms with Gasteiger partial charge in [-0.15, -0.1) is 0 Å². The van der Waals surface area contributed by atoms with Crippen LogP contribution in [-0.4, -0.2) is 30.9 Å². The topological polar surface area (TPSA) is 68.9 Å². The molecule has 0 saturated heterocycles. The fourth-order valence-corrected chi connectivity index (χ4v) is 3.75. The van der Waals surface area contributed by atoms with E-state index in [4.69, 9.17) is 19.0 Å². The molecule has 0 amide bonds. The lowest BCUT2D eigenvalue weighted by molar-refractivity contribution is -0.148. The second kappa shape index (κ2) is 10.3. The number of methoxy groups -OCH3 is 1. The van der Waals surface area contributed by atoms with Crippen molar-refractivity contribution in [1.82, 2.24) is 0 Å². The van der Waals surface area contributed by atoms with Crippen LogP contribution in [0.5, 0.6) is 5.75 Å². The standard InChI is InChI=1S/C27H25FO5/c1-31-26(27(29)30)15-19-6-4-18(5-7-19)3-2-14-32-22-12-13-23-24(17-33-25(23)16-22)20-8-10-21(28)11-9-20/h4-13,16-17,26H,2-3,14-15H2,1H3,(H,29,30)/t26-/m0/s1. The van der Waals surface area contributed by atoms with Crippen molar-refractivity contribution in [2.45, 2.75) is 25.4 Å². The van der Waals surface area contributed by atoms with Crippen LogP contribution in [0.4, 0.5) is 4.39 Å². The van der Waals surface area contributed by atoms with Crippen LogP contribution in [0, 0.1) is 5.82 Å². The Morgan fingerprint density at radius 3 is 2.45 bits per heavy atom. The summed E-state index contributed by atoms with van der Waals surface area (Å²) in [5, 5.41) is 10.0. The number of aliphatic carboxylic acids is 1. The number of furan rings is 1. The highest BCUT2D eigenvalue weighted by atomic mass is 19.1. The molecule has 1 heterocycles. The molecule has 0 radical (unpaired) electrons. The summed E-state index contributed by atoms with van der Waals surface area (Å²) in [6.45, 7) is 0.559. The monoisotopic (exact) mass is 448 g/mol. The maximum absolute atomic E-state index is 13.2. The normalized spacial score (nSPS) is 12.1. The van der Waals surface area contributed by atoms with E-state index < -0.39 is 12.1 Å². The Labute approximate surface area is 191 Å². The van der Waals surface area contributed by atoms with Gasteiger partial charge in [0.25, 0.3) is 0 Å². The molecule has 0 aliphatic heterocycles. The third-order valence-corrected chi connectivity index (χ3v) is 5.58. The zero-order chi connectivity index (χ0) is 23.2. The number of fused-ring (bicyclic) bond motifs is 1. The maximum Gasteiger partial charge on any atom is 0.333 e. The maximum atomic E-state index is 13.2. The highest BCUT2D eigenvalue weighted by molar-refractivity contribution is 5.94. The van der Waals surface area contributed by atoms with Crippen LogP contribution < -0.4 is 4.74 Å². The third-order valence-electron chi connectivity index (χ3n) is 5.58. The van der Waals surface area contributed by atoms with Crippen LogP contribution in [0.1, 0.15) is 17.5 Å². The van der Waals surface area contributed by atoms with E-state index in [0.717, 1.165) is 51.8 Å². The number of aryl methyl sites for hydroxylation is 1. The highest BCUT2D eigenvalue weighted by Gasteiger charge is 2.16. The lowest BCUT2D eigenvalue weighted by atomic mass is 10.0. The molecule has 0 fully saturated rings. The highest BCUT2D eigenvalue weighted by Crippen LogP contribution is 2.32. The van der Waals surface area contributed by atoms with E-state index in [0.29, 0.717) is 13.0 Å². The van der Waals surface area contributed by atoms with Crippen LogP contribution in [-0.2, 0) is 22.4 Å². The van der Waals surface area contributed by atoms with Gasteiger partial charge in [-0.1, -0.05) is 36.4 Å². The molecule has 0 unspecified atom stereocenters. The molecule has 1 atom stereocenters. The first-order chi connectivity index (χ1) is 16.0. The van der Waals surface area contributed by atoms with Crippen molar-refractivity contribution >= 4 is 16.9 Å². The molecule has 0 aliphatic carbocycles. The van der Waals surface area contributed by atoms with E-state index >= 15 is 0 Å². The number of benzene rings is 3. The molecule has 6 heteroatoms. The number of hydrogen-bond donors (Lipinski definition) is 1. The number of rotatable bonds is 10. The zero-order valence-corrected chi connectivity index (χ0v) is 18.3. The Balaban J connectivity index is 1.29. The van der Waals surface area contributed by atoms with Crippen molar-refractivity contribution in [3.8, 4) is 16.9 Å². The minimum atomic E-state index is -0.960. The summed E-state index contributed by atoms with van der Waals surface area (Å²) in [4.78, 5) is 11.1. The van der Waals surface area contributed by atoms with Crippen LogP contribution in [0.3, 0.4) is 0 Å². The molecule has 4 rings (SSSR count). The lowest BCUT2D eigenvalue weighted by Crippen LogP contribution is -2.24. The summed E-state index contributed by atoms with van der Waals surface area (Å²) in [5.41, 5.74) is 4.63. The van der Waals surface area contributed by atoms with Crippen molar-refractivity contribution < 1.29 is 28.2 Å². The van der Waals surface area contributed by atoms with Gasteiger partial charge >= 0.3 is 5.97 Å². The Bertz CT molecular complexity index is 1210. The van der Waals surface area contributed by atoms with E-state index in [-0.39, 0.29) is 5.82 Å². The van der Waals surface area contributed by atoms with Crippen molar-refractivity contribution in [3.63, 3.8) is 0 Å². The summed E-state index contributed by atoms with van der Waals surface area (Å²) in [6.07, 6.45) is 2.88. The first-order valence-corrected chi connectivity index (χ1v) is 10.8. The molecule has 1 N–H and O–H groups in total. The van der Waals surface area contributed by atoms with Crippen LogP contribution in [0.15, 0.2) is 77.4 Å². The van der Waals surface area contributed by atoms with Gasteiger partial charge in [0.15, 0.2) is 6.10 Å². The molecule has 3 aromatic carbocycles. The average Bonchev–Trinajstić information content (AvgIpc) is 3.24. The van der Waals surface area contributed by atoms with Gasteiger partial charge in [0.1, 0.15) is 17.1 Å². The van der Waals surface area contributed by atoms with Crippen molar-refractivity contribution in [3.05, 3.63) is 89.9 Å². The minimum Gasteiger partial charge on any atom is -0.493 e. The van der Waals surface area contributed by atoms with Gasteiger partial charge in [-0.2, -0.15) is 0 Å². The average molecular weight is 448 g/mol. The van der Waals surface area contributed by atoms with E-state index in [1.807, 2.05) is 42.5 Å². The summed E-state index contributed by atoms with van der Waals surface area (Å²) in [5.74, 6) is -0.494. The fourth-order valence-electron chi connectivity index (χ4n) is 3.75. The fraction of sp³-hybridized carbons (Fsp3) is 0.222. The smallest absolute Gasteiger partial charge is 0.333 e. The predicted octanol–water partition coefficient (Wildman–Crippen LogP) is 5.89. The van der Waals surface area contributed by atoms with Crippen LogP contribution in [0.2, 0.25) is 0 Å². The lowest BCUT2D eigenvalue weighted by Gasteiger charge is -2.11. The second-order valence-electron chi connectivity index (χ2n) is 7.85. The van der Waals surface area contributed by atoms with Gasteiger partial charge in [-0.25, -0.2) is 9.18 Å². The predicted molar refractivity (Wildman–Crippen MR) is 124 cm³/mol. The van der Waals surface area contributed by atoms with Gasteiger partial charge in [0.2, 0.25) is 0 Å². The third kappa shape index (κ3) is 5.59. The SMILES string of the molecule is CO[C@@H](Cc1ccc(CCCOc2ccc3c(-c4ccc(F)cc4)coc3c2)cc1)C(=O)O. The number of halogens is 1. The number of carboxylic acid groups (broad SMARTS) is 1. The summed E-state index contributed by atoms with van der Waals surface area (Å²) in [7, 11) is 1.40. The molecule has 0 aliphatic rings. The number of hydrogen-bond acceptors (Lipinski definition) is 4. The first kappa shape index (κ1) is 22.6. The Hall–Kier alpha value is -3.64. The summed E-state index contributed by atoms with van der Waals surface area (Å²) < 4.78 is 29.8. The van der Waals surface area contributed by atoms with Crippen LogP contribution in [0.25, 0.3) is 22.1 Å². The van der Waals surface area contributed by atoms with E-state index in [1.54, 1.807) is 18.4 Å². The molecular weight excluding hydrogens is 423 g/mol. The molecule has 1 aromatic heterocycles. The molecule has 0 spiro atoms. The second-order valence-corrected chi connectivity index (χ2v) is 7.85. The molecule has 0 saturated carbocycles. The van der Waals surface area contributed by atoms with Gasteiger partial charge in [-0.3, -0.25) is 0 Å². The quantitative estimate of drug-likeness (QED) is 0.306. The Kier molecular flexibility index (Phi) is 7.05. The molecule has 5 nitrogen and oxygen atoms in total. The number of carboxylic acids is 1. The molecular formula is C27H25FO5. The molecule has 0 bridgehead atoms. The molecule has 33 heavy (non-hydrogen) atoms. The van der Waals surface area contributed by atoms with Crippen LogP contribution >= 0.6 is 0 Å². The van der Waals surface area contributed by atoms with E-state index in [9.17, 15) is 9.18 Å². The van der Waals surface area contributed by atoms with Crippen molar-refractivity contribution in [2.24, 2.45) is 0 Å². The summed E-state index contributed by atoms with van der Waals surface area (Å²) in [6, 6.07) is 20.0. The van der Waals surface area contributed by atoms with Gasteiger partial charge in [0, 0.05) is 30.5 Å². The minimum absolute atomic E-state index is 0.268. The number of carbonyl (C=O) groups is 1. The van der Waals surface area contributed by atoms with Gasteiger partial charge in [-0.05, 0) is 53.8 Å². The van der Waals surface area contributed by atoms with Gasteiger partial charge < -0.3 is 19.0 Å². The zero-order valence-electron chi connectivity index (χ0n) is 18.3. The Morgan fingerprint density at radius 2 is 1.76 bits per heavy atom. The summed E-state index contributed by atoms with van der Waals surface area (Å²) >= 11 is 0. The van der Waals surface area contributed by atoms with Crippen molar-refractivity contribution in [2.75, 3.05) is 13.7 Å². The Morgan fingerprint density at radius 1 is 1.03 bits per heavy atom. The van der Waals surface area contributed by atoms with Crippen molar-refractivity contribution in [1.29, 1.82) is 0 Å². The first-order valence-electron chi connectivity index (χ1n) is 10.8. The van der Waals surface area contributed by atoms with E-state index in [2.05, 4.69) is 0 Å². The molecule has 170 valence electrons.